The Kier molecular flexibility index (Phi) is 7.38. The van der Waals surface area contributed by atoms with Crippen LogP contribution in [0, 0.1) is 12.7 Å². The Morgan fingerprint density at radius 2 is 1.94 bits per heavy atom. The Bertz CT molecular complexity index is 1400. The zero-order valence-electron chi connectivity index (χ0n) is 18.1. The van der Waals surface area contributed by atoms with Gasteiger partial charge in [0, 0.05) is 29.6 Å². The van der Waals surface area contributed by atoms with Gasteiger partial charge >= 0.3 is 0 Å². The van der Waals surface area contributed by atoms with E-state index in [0.717, 1.165) is 11.3 Å². The third kappa shape index (κ3) is 5.34. The first-order valence-corrected chi connectivity index (χ1v) is 11.9. The van der Waals surface area contributed by atoms with E-state index in [1.54, 1.807) is 30.6 Å². The lowest BCUT2D eigenvalue weighted by molar-refractivity contribution is 0.103. The van der Waals surface area contributed by atoms with E-state index in [2.05, 4.69) is 19.7 Å². The number of carbonyl (C=O) groups is 1. The zero-order valence-corrected chi connectivity index (χ0v) is 19.7. The van der Waals surface area contributed by atoms with Crippen LogP contribution in [-0.4, -0.2) is 36.0 Å². The Hall–Kier alpha value is -3.11. The van der Waals surface area contributed by atoms with Crippen molar-refractivity contribution < 1.29 is 17.9 Å². The predicted octanol–water partition coefficient (Wildman–Crippen LogP) is 4.68. The number of nitrogens with one attached hydrogen (secondary N) is 1. The number of aryl methyl sites for hydroxylation is 2. The summed E-state index contributed by atoms with van der Waals surface area (Å²) in [6.07, 6.45) is 4.01. The number of halogens is 2. The number of benzene rings is 2. The summed E-state index contributed by atoms with van der Waals surface area (Å²) in [5, 5.41) is 0.00602. The molecular formula is C24H20ClFN4O3S. The predicted molar refractivity (Wildman–Crippen MR) is 129 cm³/mol. The minimum absolute atomic E-state index is 0.00602. The maximum atomic E-state index is 15.2. The molecule has 0 saturated carbocycles. The molecule has 0 aliphatic carbocycles. The average molecular weight is 499 g/mol. The van der Waals surface area contributed by atoms with E-state index >= 15 is 4.39 Å². The second-order valence-electron chi connectivity index (χ2n) is 7.62. The molecule has 4 aromatic rings. The molecule has 34 heavy (non-hydrogen) atoms. The SMILES string of the molecule is Cc1ccc(-c2cnc3ccc(C(=O)c4c(Cl)ccc(CCCNS(=O)O)c4F)cc3n2)cn1. The molecule has 2 heterocycles. The molecule has 0 radical (unpaired) electrons. The maximum Gasteiger partial charge on any atom is 0.231 e. The Balaban J connectivity index is 1.64. The monoisotopic (exact) mass is 498 g/mol. The van der Waals surface area contributed by atoms with Crippen molar-refractivity contribution in [2.24, 2.45) is 0 Å². The van der Waals surface area contributed by atoms with Crippen LogP contribution in [0.4, 0.5) is 4.39 Å². The van der Waals surface area contributed by atoms with Crippen LogP contribution < -0.4 is 4.72 Å². The molecule has 2 aromatic heterocycles. The van der Waals surface area contributed by atoms with Crippen molar-refractivity contribution in [2.45, 2.75) is 19.8 Å². The standard InChI is InChI=1S/C24H20ClFN4O3S/c1-14-4-5-17(12-27-14)21-13-28-19-9-7-16(11-20(19)30-21)24(31)22-18(25)8-6-15(23(22)26)3-2-10-29-34(32)33/h4-9,11-13,29H,2-3,10H2,1H3,(H,32,33). The number of hydrogen-bond acceptors (Lipinski definition) is 5. The molecule has 0 amide bonds. The molecule has 2 aromatic carbocycles. The van der Waals surface area contributed by atoms with Crippen LogP contribution >= 0.6 is 11.6 Å². The van der Waals surface area contributed by atoms with Gasteiger partial charge < -0.3 is 0 Å². The summed E-state index contributed by atoms with van der Waals surface area (Å²) in [6, 6.07) is 11.5. The lowest BCUT2D eigenvalue weighted by Crippen LogP contribution is -2.18. The second kappa shape index (κ2) is 10.4. The lowest BCUT2D eigenvalue weighted by atomic mass is 9.98. The summed E-state index contributed by atoms with van der Waals surface area (Å²) in [4.78, 5) is 26.5. The number of fused-ring (bicyclic) bond motifs is 1. The van der Waals surface area contributed by atoms with Gasteiger partial charge in [0.1, 0.15) is 5.82 Å². The fourth-order valence-corrected chi connectivity index (χ4v) is 4.04. The molecule has 10 heteroatoms. The summed E-state index contributed by atoms with van der Waals surface area (Å²) in [5.74, 6) is -1.27. The van der Waals surface area contributed by atoms with Crippen LogP contribution in [0.25, 0.3) is 22.3 Å². The van der Waals surface area contributed by atoms with Gasteiger partial charge in [0.15, 0.2) is 5.78 Å². The van der Waals surface area contributed by atoms with E-state index < -0.39 is 22.9 Å². The number of carbonyl (C=O) groups excluding carboxylic acids is 1. The van der Waals surface area contributed by atoms with E-state index in [1.165, 1.54) is 12.1 Å². The molecule has 1 unspecified atom stereocenters. The average Bonchev–Trinajstić information content (AvgIpc) is 2.82. The van der Waals surface area contributed by atoms with E-state index in [0.29, 0.717) is 28.7 Å². The first-order valence-electron chi connectivity index (χ1n) is 10.4. The molecule has 0 bridgehead atoms. The van der Waals surface area contributed by atoms with Crippen LogP contribution in [0.5, 0.6) is 0 Å². The van der Waals surface area contributed by atoms with Crippen LogP contribution in [0.2, 0.25) is 5.02 Å². The van der Waals surface area contributed by atoms with E-state index in [1.807, 2.05) is 19.1 Å². The van der Waals surface area contributed by atoms with Gasteiger partial charge in [-0.2, -0.15) is 0 Å². The minimum Gasteiger partial charge on any atom is -0.294 e. The quantitative estimate of drug-likeness (QED) is 0.207. The summed E-state index contributed by atoms with van der Waals surface area (Å²) in [7, 11) is 0. The van der Waals surface area contributed by atoms with Gasteiger partial charge in [-0.05, 0) is 61.7 Å². The van der Waals surface area contributed by atoms with E-state index in [9.17, 15) is 9.00 Å². The fraction of sp³-hybridized carbons (Fsp3) is 0.167. The topological polar surface area (TPSA) is 105 Å². The summed E-state index contributed by atoms with van der Waals surface area (Å²) in [6.45, 7) is 2.11. The number of ketones is 1. The van der Waals surface area contributed by atoms with Gasteiger partial charge in [-0.3, -0.25) is 19.3 Å². The molecule has 0 spiro atoms. The van der Waals surface area contributed by atoms with Gasteiger partial charge in [0.2, 0.25) is 11.3 Å². The summed E-state index contributed by atoms with van der Waals surface area (Å²) in [5.41, 5.74) is 3.67. The highest BCUT2D eigenvalue weighted by atomic mass is 35.5. The van der Waals surface area contributed by atoms with E-state index in [4.69, 9.17) is 16.2 Å². The van der Waals surface area contributed by atoms with Crippen LogP contribution in [0.1, 0.15) is 33.6 Å². The molecule has 2 N–H and O–H groups in total. The van der Waals surface area contributed by atoms with Crippen molar-refractivity contribution in [3.8, 4) is 11.3 Å². The van der Waals surface area contributed by atoms with Crippen molar-refractivity contribution in [2.75, 3.05) is 6.54 Å². The van der Waals surface area contributed by atoms with Gasteiger partial charge in [-0.15, -0.1) is 0 Å². The largest absolute Gasteiger partial charge is 0.294 e. The molecule has 0 aliphatic heterocycles. The lowest BCUT2D eigenvalue weighted by Gasteiger charge is -2.11. The summed E-state index contributed by atoms with van der Waals surface area (Å²) < 4.78 is 37.0. The number of nitrogens with zero attached hydrogens (tertiary/aromatic N) is 3. The smallest absolute Gasteiger partial charge is 0.231 e. The Morgan fingerprint density at radius 3 is 2.68 bits per heavy atom. The molecule has 174 valence electrons. The van der Waals surface area contributed by atoms with Gasteiger partial charge in [0.05, 0.1) is 33.5 Å². The van der Waals surface area contributed by atoms with Crippen LogP contribution in [-0.2, 0) is 17.7 Å². The van der Waals surface area contributed by atoms with Crippen molar-refractivity contribution >= 4 is 39.7 Å². The van der Waals surface area contributed by atoms with Crippen molar-refractivity contribution in [1.29, 1.82) is 0 Å². The van der Waals surface area contributed by atoms with Gasteiger partial charge in [0.25, 0.3) is 0 Å². The Labute approximate surface area is 202 Å². The number of hydrogen-bond donors (Lipinski definition) is 2. The molecule has 1 atom stereocenters. The minimum atomic E-state index is -2.13. The highest BCUT2D eigenvalue weighted by Gasteiger charge is 2.21. The first kappa shape index (κ1) is 24.0. The highest BCUT2D eigenvalue weighted by molar-refractivity contribution is 7.77. The van der Waals surface area contributed by atoms with Crippen LogP contribution in [0.3, 0.4) is 0 Å². The number of aromatic nitrogens is 3. The normalized spacial score (nSPS) is 12.1. The fourth-order valence-electron chi connectivity index (χ4n) is 3.49. The third-order valence-electron chi connectivity index (χ3n) is 5.26. The molecule has 0 aliphatic rings. The first-order chi connectivity index (χ1) is 16.3. The van der Waals surface area contributed by atoms with Crippen LogP contribution in [0.15, 0.2) is 54.9 Å². The van der Waals surface area contributed by atoms with Crippen molar-refractivity contribution in [1.82, 2.24) is 19.7 Å². The molecule has 4 rings (SSSR count). The van der Waals surface area contributed by atoms with Gasteiger partial charge in [-0.25, -0.2) is 18.3 Å². The molecule has 0 fully saturated rings. The summed E-state index contributed by atoms with van der Waals surface area (Å²) >= 11 is 4.07. The third-order valence-corrected chi connectivity index (χ3v) is 6.02. The van der Waals surface area contributed by atoms with Crippen molar-refractivity contribution in [3.05, 3.63) is 88.1 Å². The second-order valence-corrected chi connectivity index (χ2v) is 8.81. The molecule has 0 saturated heterocycles. The van der Waals surface area contributed by atoms with E-state index in [-0.39, 0.29) is 29.1 Å². The zero-order chi connectivity index (χ0) is 24.2. The highest BCUT2D eigenvalue weighted by Crippen LogP contribution is 2.27. The van der Waals surface area contributed by atoms with Gasteiger partial charge in [-0.1, -0.05) is 17.7 Å². The molecular weight excluding hydrogens is 479 g/mol. The maximum absolute atomic E-state index is 15.2. The Morgan fingerprint density at radius 1 is 1.12 bits per heavy atom. The molecule has 7 nitrogen and oxygen atoms in total. The number of rotatable bonds is 8. The van der Waals surface area contributed by atoms with Crippen molar-refractivity contribution in [3.63, 3.8) is 0 Å². The number of pyridine rings is 1.